The predicted molar refractivity (Wildman–Crippen MR) is 68.6 cm³/mol. The van der Waals surface area contributed by atoms with Gasteiger partial charge in [0.2, 0.25) is 5.91 Å². The van der Waals surface area contributed by atoms with E-state index >= 15 is 0 Å². The van der Waals surface area contributed by atoms with Gasteiger partial charge in [-0.1, -0.05) is 0 Å². The summed E-state index contributed by atoms with van der Waals surface area (Å²) in [5, 5.41) is 0. The van der Waals surface area contributed by atoms with Gasteiger partial charge in [0, 0.05) is 44.4 Å². The van der Waals surface area contributed by atoms with Crippen molar-refractivity contribution in [1.82, 2.24) is 14.9 Å². The van der Waals surface area contributed by atoms with Gasteiger partial charge in [0.05, 0.1) is 0 Å². The van der Waals surface area contributed by atoms with E-state index in [1.807, 2.05) is 17.9 Å². The summed E-state index contributed by atoms with van der Waals surface area (Å²) in [5.41, 5.74) is 0.881. The molecule has 2 aliphatic rings. The van der Waals surface area contributed by atoms with Gasteiger partial charge in [0.25, 0.3) is 5.92 Å². The molecule has 1 aliphatic carbocycles. The van der Waals surface area contributed by atoms with Crippen LogP contribution in [-0.2, 0) is 4.79 Å². The van der Waals surface area contributed by atoms with Gasteiger partial charge in [-0.25, -0.2) is 18.7 Å². The van der Waals surface area contributed by atoms with E-state index in [4.69, 9.17) is 0 Å². The number of carbonyl (C=O) groups excluding carboxylic acids is 1. The van der Waals surface area contributed by atoms with E-state index in [0.29, 0.717) is 26.2 Å². The number of aryl methyl sites for hydroxylation is 1. The first kappa shape index (κ1) is 13.2. The van der Waals surface area contributed by atoms with Crippen LogP contribution in [0.3, 0.4) is 0 Å². The SMILES string of the molecule is Cc1cc(N2CCN(C(=O)C3CC3(F)F)CC2)ncn1. The number of carbonyl (C=O) groups is 1. The Morgan fingerprint density at radius 2 is 1.95 bits per heavy atom. The third-order valence-corrected chi connectivity index (χ3v) is 3.83. The number of anilines is 1. The molecule has 2 fully saturated rings. The molecular weight excluding hydrogens is 266 g/mol. The third-order valence-electron chi connectivity index (χ3n) is 3.83. The topological polar surface area (TPSA) is 49.3 Å². The number of rotatable bonds is 2. The molecule has 0 radical (unpaired) electrons. The van der Waals surface area contributed by atoms with Crippen LogP contribution in [0.5, 0.6) is 0 Å². The van der Waals surface area contributed by atoms with Crippen LogP contribution < -0.4 is 4.90 Å². The first-order valence-electron chi connectivity index (χ1n) is 6.67. The minimum atomic E-state index is -2.78. The zero-order valence-corrected chi connectivity index (χ0v) is 11.2. The van der Waals surface area contributed by atoms with Gasteiger partial charge in [0.15, 0.2) is 0 Å². The summed E-state index contributed by atoms with van der Waals surface area (Å²) >= 11 is 0. The Labute approximate surface area is 115 Å². The minimum Gasteiger partial charge on any atom is -0.353 e. The molecule has 0 N–H and O–H groups in total. The predicted octanol–water partition coefficient (Wildman–Crippen LogP) is 1.09. The van der Waals surface area contributed by atoms with Crippen molar-refractivity contribution in [3.05, 3.63) is 18.1 Å². The zero-order chi connectivity index (χ0) is 14.3. The van der Waals surface area contributed by atoms with Crippen LogP contribution in [0.15, 0.2) is 12.4 Å². The molecule has 1 atom stereocenters. The fraction of sp³-hybridized carbons (Fsp3) is 0.615. The summed E-state index contributed by atoms with van der Waals surface area (Å²) in [6.45, 7) is 4.05. The van der Waals surface area contributed by atoms with E-state index < -0.39 is 17.7 Å². The first-order chi connectivity index (χ1) is 9.47. The average Bonchev–Trinajstić information content (AvgIpc) is 3.07. The van der Waals surface area contributed by atoms with Crippen LogP contribution in [0.25, 0.3) is 0 Å². The number of hydrogen-bond acceptors (Lipinski definition) is 4. The number of nitrogens with zero attached hydrogens (tertiary/aromatic N) is 4. The van der Waals surface area contributed by atoms with Crippen LogP contribution in [0.4, 0.5) is 14.6 Å². The molecule has 0 bridgehead atoms. The van der Waals surface area contributed by atoms with Crippen molar-refractivity contribution >= 4 is 11.7 Å². The molecular formula is C13H16F2N4O. The quantitative estimate of drug-likeness (QED) is 0.814. The molecule has 0 spiro atoms. The average molecular weight is 282 g/mol. The number of amides is 1. The highest BCUT2D eigenvalue weighted by molar-refractivity contribution is 5.83. The molecule has 1 saturated carbocycles. The Bertz CT molecular complexity index is 529. The maximum Gasteiger partial charge on any atom is 0.260 e. The summed E-state index contributed by atoms with van der Waals surface area (Å²) in [4.78, 5) is 23.7. The normalized spacial score (nSPS) is 24.6. The molecule has 1 aliphatic heterocycles. The molecule has 3 rings (SSSR count). The van der Waals surface area contributed by atoms with Crippen molar-refractivity contribution in [2.45, 2.75) is 19.3 Å². The standard InChI is InChI=1S/C13H16F2N4O/c1-9-6-11(17-8-16-9)18-2-4-19(5-3-18)12(20)10-7-13(10,14)15/h6,8,10H,2-5,7H2,1H3. The van der Waals surface area contributed by atoms with E-state index in [-0.39, 0.29) is 6.42 Å². The summed E-state index contributed by atoms with van der Waals surface area (Å²) in [5.74, 6) is -3.46. The van der Waals surface area contributed by atoms with Gasteiger partial charge in [-0.05, 0) is 6.92 Å². The first-order valence-corrected chi connectivity index (χ1v) is 6.67. The van der Waals surface area contributed by atoms with Gasteiger partial charge in [-0.15, -0.1) is 0 Å². The lowest BCUT2D eigenvalue weighted by Gasteiger charge is -2.35. The Hall–Kier alpha value is -1.79. The highest BCUT2D eigenvalue weighted by atomic mass is 19.3. The summed E-state index contributed by atoms with van der Waals surface area (Å²) in [6.07, 6.45) is 1.21. The molecule has 1 aromatic rings. The molecule has 1 aromatic heterocycles. The smallest absolute Gasteiger partial charge is 0.260 e. The summed E-state index contributed by atoms with van der Waals surface area (Å²) in [6, 6.07) is 1.88. The Balaban J connectivity index is 1.59. The number of halogens is 2. The Kier molecular flexibility index (Phi) is 3.07. The summed E-state index contributed by atoms with van der Waals surface area (Å²) in [7, 11) is 0. The molecule has 1 unspecified atom stereocenters. The molecule has 7 heteroatoms. The molecule has 1 amide bonds. The van der Waals surface area contributed by atoms with E-state index in [2.05, 4.69) is 9.97 Å². The highest BCUT2D eigenvalue weighted by Gasteiger charge is 2.62. The van der Waals surface area contributed by atoms with Crippen LogP contribution in [0.1, 0.15) is 12.1 Å². The van der Waals surface area contributed by atoms with E-state index in [1.165, 1.54) is 11.2 Å². The van der Waals surface area contributed by atoms with Gasteiger partial charge in [0.1, 0.15) is 18.1 Å². The molecule has 2 heterocycles. The molecule has 108 valence electrons. The lowest BCUT2D eigenvalue weighted by molar-refractivity contribution is -0.135. The lowest BCUT2D eigenvalue weighted by atomic mass is 10.2. The van der Waals surface area contributed by atoms with Gasteiger partial charge >= 0.3 is 0 Å². The van der Waals surface area contributed by atoms with Crippen molar-refractivity contribution < 1.29 is 13.6 Å². The molecule has 20 heavy (non-hydrogen) atoms. The van der Waals surface area contributed by atoms with E-state index in [1.54, 1.807) is 0 Å². The monoisotopic (exact) mass is 282 g/mol. The van der Waals surface area contributed by atoms with E-state index in [9.17, 15) is 13.6 Å². The van der Waals surface area contributed by atoms with Crippen molar-refractivity contribution in [1.29, 1.82) is 0 Å². The number of hydrogen-bond donors (Lipinski definition) is 0. The summed E-state index contributed by atoms with van der Waals surface area (Å²) < 4.78 is 25.8. The van der Waals surface area contributed by atoms with Crippen LogP contribution >= 0.6 is 0 Å². The highest BCUT2D eigenvalue weighted by Crippen LogP contribution is 2.49. The minimum absolute atomic E-state index is 0.294. The third kappa shape index (κ3) is 2.44. The Morgan fingerprint density at radius 1 is 1.30 bits per heavy atom. The number of piperazine rings is 1. The van der Waals surface area contributed by atoms with Gasteiger partial charge < -0.3 is 9.80 Å². The van der Waals surface area contributed by atoms with E-state index in [0.717, 1.165) is 11.5 Å². The lowest BCUT2D eigenvalue weighted by Crippen LogP contribution is -2.49. The number of aromatic nitrogens is 2. The molecule has 1 saturated heterocycles. The molecule has 5 nitrogen and oxygen atoms in total. The fourth-order valence-electron chi connectivity index (χ4n) is 2.47. The van der Waals surface area contributed by atoms with Crippen molar-refractivity contribution in [2.24, 2.45) is 5.92 Å². The number of alkyl halides is 2. The van der Waals surface area contributed by atoms with Crippen molar-refractivity contribution in [3.63, 3.8) is 0 Å². The second-order valence-corrected chi connectivity index (χ2v) is 5.35. The van der Waals surface area contributed by atoms with Crippen LogP contribution in [0.2, 0.25) is 0 Å². The van der Waals surface area contributed by atoms with Crippen LogP contribution in [0, 0.1) is 12.8 Å². The van der Waals surface area contributed by atoms with Crippen LogP contribution in [-0.4, -0.2) is 52.9 Å². The maximum absolute atomic E-state index is 12.9. The van der Waals surface area contributed by atoms with Crippen molar-refractivity contribution in [2.75, 3.05) is 31.1 Å². The largest absolute Gasteiger partial charge is 0.353 e. The fourth-order valence-corrected chi connectivity index (χ4v) is 2.47. The zero-order valence-electron chi connectivity index (χ0n) is 11.2. The maximum atomic E-state index is 12.9. The van der Waals surface area contributed by atoms with Gasteiger partial charge in [-0.3, -0.25) is 4.79 Å². The Morgan fingerprint density at radius 3 is 2.50 bits per heavy atom. The second-order valence-electron chi connectivity index (χ2n) is 5.35. The second kappa shape index (κ2) is 4.64. The molecule has 0 aromatic carbocycles. The van der Waals surface area contributed by atoms with Gasteiger partial charge in [-0.2, -0.15) is 0 Å². The van der Waals surface area contributed by atoms with Crippen molar-refractivity contribution in [3.8, 4) is 0 Å².